The number of aryl methyl sites for hydroxylation is 1. The van der Waals surface area contributed by atoms with Crippen LogP contribution in [0.4, 0.5) is 0 Å². The summed E-state index contributed by atoms with van der Waals surface area (Å²) in [5.74, 6) is -16.1. The number of hydrogen-bond acceptors (Lipinski definition) is 17. The number of aliphatic carboxylic acids is 4. The quantitative estimate of drug-likeness (QED) is 0.0392. The van der Waals surface area contributed by atoms with Crippen molar-refractivity contribution in [2.24, 2.45) is 17.4 Å². The maximum absolute atomic E-state index is 14.7. The van der Waals surface area contributed by atoms with Crippen LogP contribution in [-0.4, -0.2) is 182 Å². The average Bonchev–Trinajstić information content (AvgIpc) is 1.06. The number of nitrogens with one attached hydrogen (secondary N) is 11. The zero-order chi connectivity index (χ0) is 74.1. The Bertz CT molecular complexity index is 3000. The van der Waals surface area contributed by atoms with Crippen molar-refractivity contribution in [1.29, 1.82) is 0 Å². The number of hydrogen-bond donors (Lipinski definition) is 17. The van der Waals surface area contributed by atoms with Gasteiger partial charge in [-0.1, -0.05) is 114 Å². The number of carboxylic acids is 4. The second-order valence-electron chi connectivity index (χ2n) is 24.7. The van der Waals surface area contributed by atoms with Crippen LogP contribution >= 0.6 is 0 Å². The smallest absolute Gasteiger partial charge is 0.305 e. The standard InChI is InChI=1S/C67H103N13O19/c1-7-9-23-44(60(92)79-50(30-34-55(84)85)66(98)80-51(31-35-56(86)87)65(97)78-49(29-33-54(82)83)59(91)72-41(6)58(90)71-40(5)39(3)4)73-64(96)48(28-32-53(69)81)77-62(94)46(25-17-18-36-68)74-63(95)47(27-26-42-19-13-11-14-20-42)76-61(93)45(24-10-8-2)75-67(99)52(37-57(88)89)70-38-43-21-15-12-16-22-43/h11-16,19-22,39-41,44-52,70H,7-10,17-18,23-38,68H2,1-6H3,(H2,69,81)(H,71,90)(H,72,91)(H,73,96)(H,74,95)(H,75,99)(H,76,93)(H,77,94)(H,78,97)(H,79,92)(H,80,98)(H,82,83)(H,84,85)(H,86,87)(H,88,89)/t40-,41+,44+,45+,46+,47-,48+,49+,50+,51+,52+/m1/s1. The molecule has 550 valence electrons. The normalized spacial score (nSPS) is 14.4. The number of carbonyl (C=O) groups is 15. The summed E-state index contributed by atoms with van der Waals surface area (Å²) in [6.45, 7) is 10.6. The molecule has 0 heterocycles. The van der Waals surface area contributed by atoms with Gasteiger partial charge in [-0.2, -0.15) is 0 Å². The lowest BCUT2D eigenvalue weighted by Gasteiger charge is -2.28. The van der Waals surface area contributed by atoms with E-state index in [0.29, 0.717) is 25.7 Å². The molecule has 11 amide bonds. The van der Waals surface area contributed by atoms with Crippen LogP contribution in [0.25, 0.3) is 0 Å². The van der Waals surface area contributed by atoms with E-state index in [4.69, 9.17) is 11.5 Å². The Kier molecular flexibility index (Phi) is 40.2. The minimum absolute atomic E-state index is 0.00933. The van der Waals surface area contributed by atoms with Gasteiger partial charge >= 0.3 is 23.9 Å². The van der Waals surface area contributed by atoms with Gasteiger partial charge in [0, 0.05) is 38.3 Å². The molecule has 32 nitrogen and oxygen atoms in total. The summed E-state index contributed by atoms with van der Waals surface area (Å²) in [6, 6.07) is 2.34. The third-order valence-corrected chi connectivity index (χ3v) is 16.1. The van der Waals surface area contributed by atoms with Crippen molar-refractivity contribution in [3.05, 3.63) is 71.8 Å². The molecular weight excluding hydrogens is 1290 g/mol. The highest BCUT2D eigenvalue weighted by atomic mass is 16.4. The fourth-order valence-corrected chi connectivity index (χ4v) is 9.85. The number of carboxylic acid groups (broad SMARTS) is 4. The minimum Gasteiger partial charge on any atom is -0.481 e. The highest BCUT2D eigenvalue weighted by Crippen LogP contribution is 2.14. The zero-order valence-electron chi connectivity index (χ0n) is 57.3. The molecule has 0 aliphatic rings. The van der Waals surface area contributed by atoms with Crippen LogP contribution in [0.5, 0.6) is 0 Å². The van der Waals surface area contributed by atoms with Gasteiger partial charge in [0.2, 0.25) is 65.0 Å². The van der Waals surface area contributed by atoms with E-state index in [1.54, 1.807) is 74.5 Å². The number of primary amides is 1. The lowest BCUT2D eigenvalue weighted by Crippen LogP contribution is -2.60. The molecule has 99 heavy (non-hydrogen) atoms. The van der Waals surface area contributed by atoms with E-state index in [2.05, 4.69) is 58.5 Å². The molecule has 11 atom stereocenters. The molecule has 0 aliphatic heterocycles. The van der Waals surface area contributed by atoms with E-state index < -0.39 is 207 Å². The van der Waals surface area contributed by atoms with Gasteiger partial charge in [0.25, 0.3) is 0 Å². The van der Waals surface area contributed by atoms with Crippen LogP contribution in [0.1, 0.15) is 175 Å². The van der Waals surface area contributed by atoms with Gasteiger partial charge in [-0.3, -0.25) is 71.9 Å². The first kappa shape index (κ1) is 85.5. The summed E-state index contributed by atoms with van der Waals surface area (Å²) < 4.78 is 0. The van der Waals surface area contributed by atoms with Crippen molar-refractivity contribution in [2.45, 2.75) is 243 Å². The molecular formula is C67H103N13O19. The lowest BCUT2D eigenvalue weighted by molar-refractivity contribution is -0.140. The fraction of sp³-hybridized carbons (Fsp3) is 0.597. The predicted octanol–water partition coefficient (Wildman–Crippen LogP) is 0.165. The number of carbonyl (C=O) groups excluding carboxylic acids is 11. The SMILES string of the molecule is CCCC[C@H](NC(=O)[C@H](CCC(N)=O)NC(=O)[C@H](CCCCN)NC(=O)[C@@H](CCc1ccccc1)NC(=O)[C@H](CCCC)NC(=O)[C@H](CC(=O)O)NCc1ccccc1)C(=O)N[C@@H](CCC(=O)O)C(=O)N[C@@H](CCC(=O)O)C(=O)N[C@@H](CCC(=O)O)C(=O)N[C@@H](C)C(=O)N[C@H](C)C(C)C. The molecule has 0 saturated carbocycles. The minimum atomic E-state index is -1.83. The van der Waals surface area contributed by atoms with E-state index in [-0.39, 0.29) is 70.0 Å². The van der Waals surface area contributed by atoms with E-state index in [1.165, 1.54) is 6.92 Å². The number of nitrogens with two attached hydrogens (primary N) is 2. The van der Waals surface area contributed by atoms with Gasteiger partial charge in [-0.25, -0.2) is 0 Å². The van der Waals surface area contributed by atoms with Crippen LogP contribution in [-0.2, 0) is 84.9 Å². The van der Waals surface area contributed by atoms with Gasteiger partial charge in [-0.15, -0.1) is 0 Å². The third kappa shape index (κ3) is 35.0. The maximum atomic E-state index is 14.7. The molecule has 0 aliphatic carbocycles. The number of unbranched alkanes of at least 4 members (excludes halogenated alkanes) is 3. The monoisotopic (exact) mass is 1390 g/mol. The first-order chi connectivity index (χ1) is 46.9. The number of rotatable bonds is 51. The summed E-state index contributed by atoms with van der Waals surface area (Å²) >= 11 is 0. The van der Waals surface area contributed by atoms with Gasteiger partial charge in [0.05, 0.1) is 12.5 Å². The molecule has 0 unspecified atom stereocenters. The summed E-state index contributed by atoms with van der Waals surface area (Å²) in [5.41, 5.74) is 12.9. The second kappa shape index (κ2) is 46.6. The van der Waals surface area contributed by atoms with E-state index >= 15 is 0 Å². The van der Waals surface area contributed by atoms with Gasteiger partial charge < -0.3 is 90.4 Å². The van der Waals surface area contributed by atoms with Crippen LogP contribution in [0.2, 0.25) is 0 Å². The second-order valence-corrected chi connectivity index (χ2v) is 24.7. The molecule has 2 aromatic rings. The van der Waals surface area contributed by atoms with Crippen molar-refractivity contribution in [3.63, 3.8) is 0 Å². The Balaban J connectivity index is 2.56. The zero-order valence-corrected chi connectivity index (χ0v) is 57.3. The Labute approximate surface area is 576 Å². The van der Waals surface area contributed by atoms with E-state index in [9.17, 15) is 92.3 Å². The predicted molar refractivity (Wildman–Crippen MR) is 361 cm³/mol. The van der Waals surface area contributed by atoms with Gasteiger partial charge in [0.15, 0.2) is 0 Å². The molecule has 19 N–H and O–H groups in total. The molecule has 0 aromatic heterocycles. The highest BCUT2D eigenvalue weighted by Gasteiger charge is 2.37. The summed E-state index contributed by atoms with van der Waals surface area (Å²) in [4.78, 5) is 201. The molecule has 0 saturated heterocycles. The summed E-state index contributed by atoms with van der Waals surface area (Å²) in [7, 11) is 0. The largest absolute Gasteiger partial charge is 0.481 e. The van der Waals surface area contributed by atoms with Crippen LogP contribution < -0.4 is 70.0 Å². The molecule has 0 fully saturated rings. The molecule has 0 radical (unpaired) electrons. The average molecular weight is 1390 g/mol. The fourth-order valence-electron chi connectivity index (χ4n) is 9.85. The molecule has 0 bridgehead atoms. The van der Waals surface area contributed by atoms with Crippen molar-refractivity contribution < 1.29 is 92.3 Å². The molecule has 2 rings (SSSR count). The molecule has 0 spiro atoms. The highest BCUT2D eigenvalue weighted by molar-refractivity contribution is 5.99. The van der Waals surface area contributed by atoms with Crippen LogP contribution in [0, 0.1) is 5.92 Å². The topological polar surface area (TPSA) is 521 Å². The summed E-state index contributed by atoms with van der Waals surface area (Å²) in [6.07, 6.45) is -3.41. The Morgan fingerprint density at radius 1 is 0.364 bits per heavy atom. The van der Waals surface area contributed by atoms with E-state index in [1.807, 2.05) is 20.8 Å². The lowest BCUT2D eigenvalue weighted by atomic mass is 10.0. The third-order valence-electron chi connectivity index (χ3n) is 16.1. The Morgan fingerprint density at radius 2 is 0.687 bits per heavy atom. The summed E-state index contributed by atoms with van der Waals surface area (Å²) in [5, 5.41) is 66.8. The van der Waals surface area contributed by atoms with Crippen LogP contribution in [0.3, 0.4) is 0 Å². The van der Waals surface area contributed by atoms with Crippen molar-refractivity contribution >= 4 is 88.9 Å². The molecule has 2 aromatic carbocycles. The van der Waals surface area contributed by atoms with Gasteiger partial charge in [0.1, 0.15) is 54.4 Å². The first-order valence-corrected chi connectivity index (χ1v) is 33.6. The van der Waals surface area contributed by atoms with Gasteiger partial charge in [-0.05, 0) is 108 Å². The van der Waals surface area contributed by atoms with Crippen LogP contribution in [0.15, 0.2) is 60.7 Å². The molecule has 32 heteroatoms. The number of amides is 11. The Hall–Kier alpha value is -9.59. The van der Waals surface area contributed by atoms with Crippen molar-refractivity contribution in [2.75, 3.05) is 6.54 Å². The van der Waals surface area contributed by atoms with E-state index in [0.717, 1.165) is 11.1 Å². The van der Waals surface area contributed by atoms with Crippen molar-refractivity contribution in [1.82, 2.24) is 58.5 Å². The number of benzene rings is 2. The first-order valence-electron chi connectivity index (χ1n) is 33.6. The maximum Gasteiger partial charge on any atom is 0.305 e. The van der Waals surface area contributed by atoms with Crippen molar-refractivity contribution in [3.8, 4) is 0 Å². The Morgan fingerprint density at radius 3 is 1.02 bits per heavy atom.